The first-order valence-electron chi connectivity index (χ1n) is 25.4. The van der Waals surface area contributed by atoms with Crippen LogP contribution in [-0.2, 0) is 14.3 Å². The fourth-order valence-electron chi connectivity index (χ4n) is 7.87. The van der Waals surface area contributed by atoms with Crippen LogP contribution in [0.1, 0.15) is 277 Å². The smallest absolute Gasteiger partial charge is 0.305 e. The highest BCUT2D eigenvalue weighted by Crippen LogP contribution is 2.16. The monoisotopic (exact) mass is 806 g/mol. The highest BCUT2D eigenvalue weighted by Gasteiger charge is 2.20. The third-order valence-corrected chi connectivity index (χ3v) is 11.8. The molecule has 0 radical (unpaired) electrons. The van der Waals surface area contributed by atoms with Gasteiger partial charge in [0.05, 0.1) is 25.4 Å². The molecule has 6 heteroatoms. The Morgan fingerprint density at radius 1 is 0.474 bits per heavy atom. The molecule has 2 unspecified atom stereocenters. The van der Waals surface area contributed by atoms with Crippen LogP contribution in [-0.4, -0.2) is 47.4 Å². The fraction of sp³-hybridized carbons (Fsp3) is 0.922. The van der Waals surface area contributed by atoms with Crippen LogP contribution in [0.25, 0.3) is 0 Å². The van der Waals surface area contributed by atoms with Gasteiger partial charge in [0.25, 0.3) is 0 Å². The number of amides is 1. The molecule has 3 N–H and O–H groups in total. The minimum Gasteiger partial charge on any atom is -0.466 e. The zero-order valence-corrected chi connectivity index (χ0v) is 38.3. The number of rotatable bonds is 47. The molecule has 0 fully saturated rings. The largest absolute Gasteiger partial charge is 0.466 e. The van der Waals surface area contributed by atoms with Crippen molar-refractivity contribution in [3.05, 3.63) is 12.2 Å². The molecule has 0 heterocycles. The number of allylic oxidation sites excluding steroid dienone is 2. The second-order valence-corrected chi connectivity index (χ2v) is 17.5. The molecular formula is C51H99NO5. The topological polar surface area (TPSA) is 95.9 Å². The first kappa shape index (κ1) is 55.6. The van der Waals surface area contributed by atoms with E-state index in [-0.39, 0.29) is 18.5 Å². The molecule has 338 valence electrons. The summed E-state index contributed by atoms with van der Waals surface area (Å²) in [4.78, 5) is 24.4. The molecular weight excluding hydrogens is 707 g/mol. The zero-order chi connectivity index (χ0) is 41.5. The van der Waals surface area contributed by atoms with Gasteiger partial charge >= 0.3 is 5.97 Å². The SMILES string of the molecule is CCCCCCCCCCCCCCCCCCCC(=O)OCCCCCCCC/C=C\CCCCCC(=O)NC(CO)C(O)CCCCCCCCCCCC. The molecule has 0 saturated heterocycles. The first-order chi connectivity index (χ1) is 28.0. The lowest BCUT2D eigenvalue weighted by atomic mass is 10.0. The number of aliphatic hydroxyl groups excluding tert-OH is 2. The molecule has 0 bridgehead atoms. The zero-order valence-electron chi connectivity index (χ0n) is 38.3. The van der Waals surface area contributed by atoms with E-state index in [1.165, 1.54) is 173 Å². The Kier molecular flexibility index (Phi) is 46.1. The third kappa shape index (κ3) is 44.0. The van der Waals surface area contributed by atoms with Crippen LogP contribution in [0.4, 0.5) is 0 Å². The Hall–Kier alpha value is -1.40. The number of carbonyl (C=O) groups is 2. The molecule has 0 saturated carbocycles. The molecule has 57 heavy (non-hydrogen) atoms. The van der Waals surface area contributed by atoms with Crippen molar-refractivity contribution in [1.29, 1.82) is 0 Å². The molecule has 0 aliphatic heterocycles. The Morgan fingerprint density at radius 3 is 1.26 bits per heavy atom. The summed E-state index contributed by atoms with van der Waals surface area (Å²) in [6.07, 6.45) is 53.3. The van der Waals surface area contributed by atoms with Gasteiger partial charge in [0, 0.05) is 12.8 Å². The summed E-state index contributed by atoms with van der Waals surface area (Å²) >= 11 is 0. The van der Waals surface area contributed by atoms with E-state index in [0.717, 1.165) is 70.6 Å². The molecule has 0 aromatic heterocycles. The van der Waals surface area contributed by atoms with E-state index in [1.807, 2.05) is 0 Å². The molecule has 0 spiro atoms. The standard InChI is InChI=1S/C51H99NO5/c1-3-5-7-9-11-13-15-16-17-18-19-22-25-29-33-37-41-45-51(56)57-46-42-38-34-30-26-23-20-21-24-28-32-36-40-44-50(55)52-48(47-53)49(54)43-39-35-31-27-14-12-10-8-6-4-2/h21,24,48-49,53-54H,3-20,22-23,25-47H2,1-2H3,(H,52,55)/b24-21-. The van der Waals surface area contributed by atoms with E-state index < -0.39 is 12.1 Å². The Balaban J connectivity index is 3.45. The van der Waals surface area contributed by atoms with Gasteiger partial charge < -0.3 is 20.3 Å². The van der Waals surface area contributed by atoms with Gasteiger partial charge in [-0.2, -0.15) is 0 Å². The molecule has 0 aliphatic rings. The van der Waals surface area contributed by atoms with Crippen LogP contribution in [0, 0.1) is 0 Å². The minimum absolute atomic E-state index is 0.00890. The quantitative estimate of drug-likeness (QED) is 0.0323. The maximum absolute atomic E-state index is 12.4. The predicted molar refractivity (Wildman–Crippen MR) is 246 cm³/mol. The number of hydrogen-bond acceptors (Lipinski definition) is 5. The summed E-state index contributed by atoms with van der Waals surface area (Å²) in [5.41, 5.74) is 0. The predicted octanol–water partition coefficient (Wildman–Crippen LogP) is 15.0. The van der Waals surface area contributed by atoms with E-state index in [2.05, 4.69) is 31.3 Å². The maximum atomic E-state index is 12.4. The second-order valence-electron chi connectivity index (χ2n) is 17.5. The van der Waals surface area contributed by atoms with Gasteiger partial charge in [0.2, 0.25) is 5.91 Å². The number of aliphatic hydroxyl groups is 2. The lowest BCUT2D eigenvalue weighted by Crippen LogP contribution is -2.45. The maximum Gasteiger partial charge on any atom is 0.305 e. The van der Waals surface area contributed by atoms with Gasteiger partial charge in [-0.3, -0.25) is 9.59 Å². The van der Waals surface area contributed by atoms with Crippen molar-refractivity contribution in [2.24, 2.45) is 0 Å². The van der Waals surface area contributed by atoms with Gasteiger partial charge in [-0.25, -0.2) is 0 Å². The first-order valence-corrected chi connectivity index (χ1v) is 25.4. The summed E-state index contributed by atoms with van der Waals surface area (Å²) in [6.45, 7) is 4.90. The molecule has 2 atom stereocenters. The van der Waals surface area contributed by atoms with E-state index in [9.17, 15) is 19.8 Å². The fourth-order valence-corrected chi connectivity index (χ4v) is 7.87. The number of esters is 1. The van der Waals surface area contributed by atoms with E-state index in [4.69, 9.17) is 4.74 Å². The van der Waals surface area contributed by atoms with Gasteiger partial charge in [-0.15, -0.1) is 0 Å². The van der Waals surface area contributed by atoms with Crippen LogP contribution < -0.4 is 5.32 Å². The average Bonchev–Trinajstić information content (AvgIpc) is 3.21. The normalized spacial score (nSPS) is 12.7. The summed E-state index contributed by atoms with van der Waals surface area (Å²) < 4.78 is 5.46. The van der Waals surface area contributed by atoms with Crippen molar-refractivity contribution in [2.75, 3.05) is 13.2 Å². The summed E-state index contributed by atoms with van der Waals surface area (Å²) in [7, 11) is 0. The lowest BCUT2D eigenvalue weighted by molar-refractivity contribution is -0.143. The third-order valence-electron chi connectivity index (χ3n) is 11.8. The lowest BCUT2D eigenvalue weighted by Gasteiger charge is -2.22. The van der Waals surface area contributed by atoms with Crippen molar-refractivity contribution in [3.8, 4) is 0 Å². The van der Waals surface area contributed by atoms with Crippen molar-refractivity contribution < 1.29 is 24.5 Å². The molecule has 0 aromatic rings. The second kappa shape index (κ2) is 47.3. The van der Waals surface area contributed by atoms with Gasteiger partial charge in [-0.1, -0.05) is 225 Å². The van der Waals surface area contributed by atoms with Crippen LogP contribution in [0.2, 0.25) is 0 Å². The van der Waals surface area contributed by atoms with Gasteiger partial charge in [0.15, 0.2) is 0 Å². The minimum atomic E-state index is -0.678. The van der Waals surface area contributed by atoms with Crippen LogP contribution in [0.5, 0.6) is 0 Å². The summed E-state index contributed by atoms with van der Waals surface area (Å²) in [6, 6.07) is -0.559. The number of unbranched alkanes of at least 4 members (excludes halogenated alkanes) is 34. The number of carbonyl (C=O) groups excluding carboxylic acids is 2. The van der Waals surface area contributed by atoms with Crippen LogP contribution in [0.15, 0.2) is 12.2 Å². The summed E-state index contributed by atoms with van der Waals surface area (Å²) in [5, 5.41) is 23.1. The Labute approximate surface area is 355 Å². The average molecular weight is 806 g/mol. The molecule has 0 aromatic carbocycles. The molecule has 0 rings (SSSR count). The Bertz CT molecular complexity index is 847. The van der Waals surface area contributed by atoms with Crippen LogP contribution in [0.3, 0.4) is 0 Å². The number of ether oxygens (including phenoxy) is 1. The molecule has 0 aliphatic carbocycles. The van der Waals surface area contributed by atoms with Crippen molar-refractivity contribution in [3.63, 3.8) is 0 Å². The highest BCUT2D eigenvalue weighted by molar-refractivity contribution is 5.76. The number of hydrogen-bond donors (Lipinski definition) is 3. The Morgan fingerprint density at radius 2 is 0.825 bits per heavy atom. The van der Waals surface area contributed by atoms with Crippen molar-refractivity contribution >= 4 is 11.9 Å². The van der Waals surface area contributed by atoms with E-state index >= 15 is 0 Å². The number of nitrogens with one attached hydrogen (secondary N) is 1. The van der Waals surface area contributed by atoms with Gasteiger partial charge in [-0.05, 0) is 51.4 Å². The van der Waals surface area contributed by atoms with E-state index in [1.54, 1.807) is 0 Å². The highest BCUT2D eigenvalue weighted by atomic mass is 16.5. The molecule has 6 nitrogen and oxygen atoms in total. The molecule has 1 amide bonds. The van der Waals surface area contributed by atoms with E-state index in [0.29, 0.717) is 25.9 Å². The summed E-state index contributed by atoms with van der Waals surface area (Å²) in [5.74, 6) is -0.0750. The van der Waals surface area contributed by atoms with Crippen LogP contribution >= 0.6 is 0 Å². The van der Waals surface area contributed by atoms with Crippen molar-refractivity contribution in [1.82, 2.24) is 5.32 Å². The van der Waals surface area contributed by atoms with Crippen molar-refractivity contribution in [2.45, 2.75) is 289 Å². The van der Waals surface area contributed by atoms with Gasteiger partial charge in [0.1, 0.15) is 0 Å².